The number of carbonyl (C=O) groups excluding carboxylic acids is 2. The van der Waals surface area contributed by atoms with Crippen molar-refractivity contribution in [3.63, 3.8) is 0 Å². The molecule has 0 aromatic rings. The van der Waals surface area contributed by atoms with E-state index in [-0.39, 0.29) is 17.7 Å². The third-order valence-corrected chi connectivity index (χ3v) is 4.23. The lowest BCUT2D eigenvalue weighted by atomic mass is 9.70. The average molecular weight is 223 g/mol. The first kappa shape index (κ1) is 11.6. The quantitative estimate of drug-likeness (QED) is 0.730. The van der Waals surface area contributed by atoms with Crippen molar-refractivity contribution in [2.24, 2.45) is 17.8 Å². The van der Waals surface area contributed by atoms with E-state index in [0.29, 0.717) is 18.3 Å². The molecule has 3 nitrogen and oxygen atoms in total. The predicted octanol–water partition coefficient (Wildman–Crippen LogP) is 2.26. The van der Waals surface area contributed by atoms with E-state index >= 15 is 0 Å². The standard InChI is InChI=1S/C13H21NO2/c1-2-10-11(8-12(15)14-13(10)16)9-6-4-3-5-7-9/h9-11H,2-8H2,1H3,(H,14,15,16). The Hall–Kier alpha value is -0.860. The summed E-state index contributed by atoms with van der Waals surface area (Å²) in [6.45, 7) is 2.05. The van der Waals surface area contributed by atoms with Gasteiger partial charge in [0.05, 0.1) is 0 Å². The van der Waals surface area contributed by atoms with Crippen LogP contribution in [-0.4, -0.2) is 11.8 Å². The third kappa shape index (κ3) is 2.28. The molecule has 3 heteroatoms. The van der Waals surface area contributed by atoms with Crippen LogP contribution in [0.2, 0.25) is 0 Å². The molecule has 90 valence electrons. The Morgan fingerprint density at radius 3 is 2.50 bits per heavy atom. The molecule has 0 aromatic heterocycles. The van der Waals surface area contributed by atoms with Gasteiger partial charge in [-0.15, -0.1) is 0 Å². The number of rotatable bonds is 2. The highest BCUT2D eigenvalue weighted by molar-refractivity contribution is 5.99. The van der Waals surface area contributed by atoms with Crippen molar-refractivity contribution in [3.05, 3.63) is 0 Å². The Morgan fingerprint density at radius 1 is 1.19 bits per heavy atom. The maximum Gasteiger partial charge on any atom is 0.229 e. The molecule has 1 saturated heterocycles. The van der Waals surface area contributed by atoms with Crippen LogP contribution in [0, 0.1) is 17.8 Å². The summed E-state index contributed by atoms with van der Waals surface area (Å²) in [6, 6.07) is 0. The number of amides is 2. The van der Waals surface area contributed by atoms with Crippen molar-refractivity contribution in [1.29, 1.82) is 0 Å². The van der Waals surface area contributed by atoms with Gasteiger partial charge in [-0.05, 0) is 18.3 Å². The number of hydrogen-bond acceptors (Lipinski definition) is 2. The van der Waals surface area contributed by atoms with Gasteiger partial charge in [0.25, 0.3) is 0 Å². The summed E-state index contributed by atoms with van der Waals surface area (Å²) in [7, 11) is 0. The summed E-state index contributed by atoms with van der Waals surface area (Å²) in [5, 5.41) is 2.47. The Morgan fingerprint density at radius 2 is 1.88 bits per heavy atom. The molecule has 1 saturated carbocycles. The zero-order valence-corrected chi connectivity index (χ0v) is 10.00. The maximum atomic E-state index is 11.8. The van der Waals surface area contributed by atoms with E-state index in [2.05, 4.69) is 12.2 Å². The predicted molar refractivity (Wildman–Crippen MR) is 61.6 cm³/mol. The van der Waals surface area contributed by atoms with Gasteiger partial charge in [0.2, 0.25) is 11.8 Å². The fraction of sp³-hybridized carbons (Fsp3) is 0.846. The molecule has 16 heavy (non-hydrogen) atoms. The van der Waals surface area contributed by atoms with E-state index in [1.54, 1.807) is 0 Å². The van der Waals surface area contributed by atoms with Gasteiger partial charge in [-0.2, -0.15) is 0 Å². The molecule has 0 bridgehead atoms. The van der Waals surface area contributed by atoms with Crippen LogP contribution >= 0.6 is 0 Å². The molecule has 2 rings (SSSR count). The molecule has 1 aliphatic heterocycles. The van der Waals surface area contributed by atoms with Crippen LogP contribution < -0.4 is 5.32 Å². The Balaban J connectivity index is 2.08. The summed E-state index contributed by atoms with van der Waals surface area (Å²) >= 11 is 0. The van der Waals surface area contributed by atoms with Gasteiger partial charge >= 0.3 is 0 Å². The molecule has 1 heterocycles. The van der Waals surface area contributed by atoms with Crippen LogP contribution in [-0.2, 0) is 9.59 Å². The SMILES string of the molecule is CCC1C(=O)NC(=O)CC1C1CCCCC1. The largest absolute Gasteiger partial charge is 0.296 e. The van der Waals surface area contributed by atoms with Crippen molar-refractivity contribution < 1.29 is 9.59 Å². The first-order chi connectivity index (χ1) is 7.72. The summed E-state index contributed by atoms with van der Waals surface area (Å²) in [5.74, 6) is 0.889. The van der Waals surface area contributed by atoms with Crippen LogP contribution in [0.25, 0.3) is 0 Å². The second kappa shape index (κ2) is 4.98. The van der Waals surface area contributed by atoms with Crippen LogP contribution in [0.3, 0.4) is 0 Å². The lowest BCUT2D eigenvalue weighted by Crippen LogP contribution is -2.47. The number of piperidine rings is 1. The van der Waals surface area contributed by atoms with E-state index in [4.69, 9.17) is 0 Å². The van der Waals surface area contributed by atoms with Crippen molar-refractivity contribution in [2.45, 2.75) is 51.9 Å². The summed E-state index contributed by atoms with van der Waals surface area (Å²) in [6.07, 6.45) is 7.71. The molecule has 0 aromatic carbocycles. The van der Waals surface area contributed by atoms with Crippen molar-refractivity contribution >= 4 is 11.8 Å². The normalized spacial score (nSPS) is 32.6. The van der Waals surface area contributed by atoms with Crippen molar-refractivity contribution in [1.82, 2.24) is 5.32 Å². The molecule has 2 unspecified atom stereocenters. The Labute approximate surface area is 97.0 Å². The van der Waals surface area contributed by atoms with Gasteiger partial charge in [-0.25, -0.2) is 0 Å². The van der Waals surface area contributed by atoms with Crippen LogP contribution in [0.15, 0.2) is 0 Å². The second-order valence-corrected chi connectivity index (χ2v) is 5.19. The lowest BCUT2D eigenvalue weighted by Gasteiger charge is -2.37. The minimum atomic E-state index is -0.0646. The number of hydrogen-bond donors (Lipinski definition) is 1. The van der Waals surface area contributed by atoms with Crippen molar-refractivity contribution in [2.75, 3.05) is 0 Å². The molecule has 2 atom stereocenters. The fourth-order valence-electron chi connectivity index (χ4n) is 3.38. The Bertz CT molecular complexity index is 282. The average Bonchev–Trinajstić information content (AvgIpc) is 2.29. The first-order valence-corrected chi connectivity index (χ1v) is 6.56. The molecule has 0 radical (unpaired) electrons. The van der Waals surface area contributed by atoms with Crippen molar-refractivity contribution in [3.8, 4) is 0 Å². The smallest absolute Gasteiger partial charge is 0.229 e. The van der Waals surface area contributed by atoms with E-state index in [9.17, 15) is 9.59 Å². The monoisotopic (exact) mass is 223 g/mol. The summed E-state index contributed by atoms with van der Waals surface area (Å²) in [4.78, 5) is 23.2. The number of carbonyl (C=O) groups is 2. The van der Waals surface area contributed by atoms with Crippen LogP contribution in [0.1, 0.15) is 51.9 Å². The highest BCUT2D eigenvalue weighted by Crippen LogP contribution is 2.38. The minimum absolute atomic E-state index is 0.0330. The molecule has 1 N–H and O–H groups in total. The van der Waals surface area contributed by atoms with Gasteiger partial charge in [-0.3, -0.25) is 14.9 Å². The maximum absolute atomic E-state index is 11.8. The summed E-state index contributed by atoms with van der Waals surface area (Å²) in [5.41, 5.74) is 0. The topological polar surface area (TPSA) is 46.2 Å². The highest BCUT2D eigenvalue weighted by Gasteiger charge is 2.39. The first-order valence-electron chi connectivity index (χ1n) is 6.56. The van der Waals surface area contributed by atoms with E-state index < -0.39 is 0 Å². The molecule has 1 aliphatic carbocycles. The van der Waals surface area contributed by atoms with E-state index in [1.807, 2.05) is 0 Å². The van der Waals surface area contributed by atoms with E-state index in [1.165, 1.54) is 32.1 Å². The van der Waals surface area contributed by atoms with Gasteiger partial charge in [0.15, 0.2) is 0 Å². The number of imide groups is 1. The highest BCUT2D eigenvalue weighted by atomic mass is 16.2. The molecule has 0 spiro atoms. The van der Waals surface area contributed by atoms with Gasteiger partial charge in [0, 0.05) is 12.3 Å². The van der Waals surface area contributed by atoms with Gasteiger partial charge in [0.1, 0.15) is 0 Å². The minimum Gasteiger partial charge on any atom is -0.296 e. The summed E-state index contributed by atoms with van der Waals surface area (Å²) < 4.78 is 0. The van der Waals surface area contributed by atoms with Crippen LogP contribution in [0.4, 0.5) is 0 Å². The number of nitrogens with one attached hydrogen (secondary N) is 1. The molecule has 2 aliphatic rings. The third-order valence-electron chi connectivity index (χ3n) is 4.23. The van der Waals surface area contributed by atoms with Crippen LogP contribution in [0.5, 0.6) is 0 Å². The van der Waals surface area contributed by atoms with E-state index in [0.717, 1.165) is 6.42 Å². The second-order valence-electron chi connectivity index (χ2n) is 5.19. The Kier molecular flexibility index (Phi) is 3.62. The zero-order valence-electron chi connectivity index (χ0n) is 10.00. The van der Waals surface area contributed by atoms with Gasteiger partial charge < -0.3 is 0 Å². The molecule has 2 amide bonds. The molecule has 2 fully saturated rings. The van der Waals surface area contributed by atoms with Gasteiger partial charge in [-0.1, -0.05) is 39.0 Å². The molecular formula is C13H21NO2. The fourth-order valence-corrected chi connectivity index (χ4v) is 3.38. The zero-order chi connectivity index (χ0) is 11.5. The molecular weight excluding hydrogens is 202 g/mol. The lowest BCUT2D eigenvalue weighted by molar-refractivity contribution is -0.140.